The van der Waals surface area contributed by atoms with Crippen molar-refractivity contribution >= 4 is 22.7 Å². The highest BCUT2D eigenvalue weighted by atomic mass is 16.4. The Morgan fingerprint density at radius 2 is 2.06 bits per heavy atom. The number of nitrogens with two attached hydrogens (primary N) is 1. The first-order chi connectivity index (χ1) is 8.13. The molecular formula is C12H9NO4. The highest BCUT2D eigenvalue weighted by molar-refractivity contribution is 6.24. The number of fused-ring (bicyclic) bond motifs is 1. The Balaban J connectivity index is 2.46. The molecule has 5 heteroatoms. The van der Waals surface area contributed by atoms with Crippen LogP contribution >= 0.6 is 0 Å². The standard InChI is InChI=1S/C12H9NO4/c13-6-9(12(15)16)11(14)8-1-2-10-7(5-8)3-4-17-10/h1-6H,13H2,(H,15,16)/b9-6-. The van der Waals surface area contributed by atoms with Gasteiger partial charge in [-0.2, -0.15) is 0 Å². The summed E-state index contributed by atoms with van der Waals surface area (Å²) in [6.07, 6.45) is 2.29. The van der Waals surface area contributed by atoms with Crippen LogP contribution in [-0.4, -0.2) is 16.9 Å². The Kier molecular flexibility index (Phi) is 2.66. The second kappa shape index (κ2) is 4.13. The van der Waals surface area contributed by atoms with Crippen LogP contribution in [0, 0.1) is 0 Å². The maximum atomic E-state index is 11.8. The van der Waals surface area contributed by atoms with Crippen LogP contribution in [0.1, 0.15) is 10.4 Å². The third-order valence-electron chi connectivity index (χ3n) is 2.36. The Morgan fingerprint density at radius 1 is 1.29 bits per heavy atom. The number of furan rings is 1. The van der Waals surface area contributed by atoms with Gasteiger partial charge in [0.05, 0.1) is 6.26 Å². The average molecular weight is 231 g/mol. The van der Waals surface area contributed by atoms with Crippen molar-refractivity contribution in [3.8, 4) is 0 Å². The summed E-state index contributed by atoms with van der Waals surface area (Å²) in [6.45, 7) is 0. The number of benzene rings is 1. The van der Waals surface area contributed by atoms with Gasteiger partial charge in [0.25, 0.3) is 0 Å². The summed E-state index contributed by atoms with van der Waals surface area (Å²) < 4.78 is 5.12. The van der Waals surface area contributed by atoms with Crippen molar-refractivity contribution in [1.29, 1.82) is 0 Å². The van der Waals surface area contributed by atoms with E-state index in [0.29, 0.717) is 5.58 Å². The Morgan fingerprint density at radius 3 is 2.71 bits per heavy atom. The number of Topliss-reactive ketones (excluding diaryl/α,β-unsaturated/α-hetero) is 1. The van der Waals surface area contributed by atoms with Crippen molar-refractivity contribution in [3.63, 3.8) is 0 Å². The summed E-state index contributed by atoms with van der Waals surface area (Å²) >= 11 is 0. The lowest BCUT2D eigenvalue weighted by Crippen LogP contribution is -2.14. The SMILES string of the molecule is N/C=C(\C(=O)O)C(=O)c1ccc2occc2c1. The highest BCUT2D eigenvalue weighted by Gasteiger charge is 2.18. The molecule has 5 nitrogen and oxygen atoms in total. The molecule has 0 saturated carbocycles. The molecule has 0 aliphatic carbocycles. The number of carbonyl (C=O) groups excluding carboxylic acids is 1. The molecule has 2 aromatic rings. The van der Waals surface area contributed by atoms with E-state index < -0.39 is 17.3 Å². The van der Waals surface area contributed by atoms with E-state index in [2.05, 4.69) is 0 Å². The van der Waals surface area contributed by atoms with Crippen LogP contribution in [0.4, 0.5) is 0 Å². The lowest BCUT2D eigenvalue weighted by Gasteiger charge is -2.01. The van der Waals surface area contributed by atoms with Gasteiger partial charge in [0, 0.05) is 17.1 Å². The second-order valence-electron chi connectivity index (χ2n) is 3.39. The molecule has 17 heavy (non-hydrogen) atoms. The van der Waals surface area contributed by atoms with Gasteiger partial charge in [-0.25, -0.2) is 4.79 Å². The fourth-order valence-corrected chi connectivity index (χ4v) is 1.51. The van der Waals surface area contributed by atoms with Gasteiger partial charge in [0.1, 0.15) is 11.2 Å². The predicted molar refractivity (Wildman–Crippen MR) is 60.5 cm³/mol. The third kappa shape index (κ3) is 1.90. The first-order valence-corrected chi connectivity index (χ1v) is 4.80. The summed E-state index contributed by atoms with van der Waals surface area (Å²) in [6, 6.07) is 6.37. The van der Waals surface area contributed by atoms with E-state index in [1.165, 1.54) is 12.3 Å². The molecule has 0 atom stereocenters. The number of hydrogen-bond donors (Lipinski definition) is 2. The molecule has 1 aromatic carbocycles. The topological polar surface area (TPSA) is 93.5 Å². The number of aliphatic carboxylic acids is 1. The van der Waals surface area contributed by atoms with Crippen LogP contribution in [0.5, 0.6) is 0 Å². The minimum Gasteiger partial charge on any atom is -0.477 e. The monoisotopic (exact) mass is 231 g/mol. The van der Waals surface area contributed by atoms with Crippen molar-refractivity contribution in [2.24, 2.45) is 5.73 Å². The first kappa shape index (κ1) is 10.9. The predicted octanol–water partition coefficient (Wildman–Crippen LogP) is 1.54. The van der Waals surface area contributed by atoms with Crippen LogP contribution < -0.4 is 5.73 Å². The zero-order valence-corrected chi connectivity index (χ0v) is 8.71. The van der Waals surface area contributed by atoms with Crippen LogP contribution in [0.25, 0.3) is 11.0 Å². The number of hydrogen-bond acceptors (Lipinski definition) is 4. The molecule has 0 saturated heterocycles. The Hall–Kier alpha value is -2.56. The van der Waals surface area contributed by atoms with E-state index in [1.54, 1.807) is 18.2 Å². The molecule has 0 radical (unpaired) electrons. The van der Waals surface area contributed by atoms with Crippen molar-refractivity contribution in [1.82, 2.24) is 0 Å². The van der Waals surface area contributed by atoms with Gasteiger partial charge in [-0.05, 0) is 24.3 Å². The first-order valence-electron chi connectivity index (χ1n) is 4.80. The van der Waals surface area contributed by atoms with Crippen molar-refractivity contribution in [2.45, 2.75) is 0 Å². The molecular weight excluding hydrogens is 222 g/mol. The minimum atomic E-state index is -1.34. The zero-order valence-electron chi connectivity index (χ0n) is 8.71. The molecule has 0 fully saturated rings. The Labute approximate surface area is 96.1 Å². The highest BCUT2D eigenvalue weighted by Crippen LogP contribution is 2.18. The average Bonchev–Trinajstić information content (AvgIpc) is 2.75. The van der Waals surface area contributed by atoms with E-state index in [-0.39, 0.29) is 5.56 Å². The van der Waals surface area contributed by atoms with Crippen molar-refractivity contribution in [2.75, 3.05) is 0 Å². The molecule has 1 aromatic heterocycles. The zero-order chi connectivity index (χ0) is 12.4. The summed E-state index contributed by atoms with van der Waals surface area (Å²) in [5.74, 6) is -1.96. The van der Waals surface area contributed by atoms with Crippen LogP contribution in [0.2, 0.25) is 0 Å². The van der Waals surface area contributed by atoms with E-state index >= 15 is 0 Å². The molecule has 0 bridgehead atoms. The van der Waals surface area contributed by atoms with Gasteiger partial charge in [0.2, 0.25) is 5.78 Å². The van der Waals surface area contributed by atoms with Gasteiger partial charge >= 0.3 is 5.97 Å². The van der Waals surface area contributed by atoms with Gasteiger partial charge in [-0.15, -0.1) is 0 Å². The Bertz CT molecular complexity index is 624. The lowest BCUT2D eigenvalue weighted by atomic mass is 10.0. The summed E-state index contributed by atoms with van der Waals surface area (Å²) in [7, 11) is 0. The summed E-state index contributed by atoms with van der Waals surface area (Å²) in [5.41, 5.74) is 5.57. The number of carboxylic acid groups (broad SMARTS) is 1. The molecule has 86 valence electrons. The van der Waals surface area contributed by atoms with Crippen LogP contribution in [0.15, 0.2) is 46.7 Å². The van der Waals surface area contributed by atoms with E-state index in [9.17, 15) is 9.59 Å². The number of ketones is 1. The van der Waals surface area contributed by atoms with Crippen molar-refractivity contribution in [3.05, 3.63) is 47.9 Å². The summed E-state index contributed by atoms with van der Waals surface area (Å²) in [5, 5.41) is 9.52. The maximum absolute atomic E-state index is 11.8. The van der Waals surface area contributed by atoms with Gasteiger partial charge in [0.15, 0.2) is 0 Å². The molecule has 1 heterocycles. The fraction of sp³-hybridized carbons (Fsp3) is 0. The molecule has 2 rings (SSSR count). The normalized spacial score (nSPS) is 11.6. The van der Waals surface area contributed by atoms with Crippen LogP contribution in [0.3, 0.4) is 0 Å². The van der Waals surface area contributed by atoms with Crippen LogP contribution in [-0.2, 0) is 4.79 Å². The van der Waals surface area contributed by atoms with Gasteiger partial charge in [-0.3, -0.25) is 4.79 Å². The van der Waals surface area contributed by atoms with E-state index in [0.717, 1.165) is 11.6 Å². The third-order valence-corrected chi connectivity index (χ3v) is 2.36. The quantitative estimate of drug-likeness (QED) is 0.361. The molecule has 0 aliphatic heterocycles. The van der Waals surface area contributed by atoms with E-state index in [4.69, 9.17) is 15.3 Å². The second-order valence-corrected chi connectivity index (χ2v) is 3.39. The number of carboxylic acids is 1. The van der Waals surface area contributed by atoms with E-state index in [1.807, 2.05) is 0 Å². The molecule has 0 unspecified atom stereocenters. The molecule has 0 amide bonds. The molecule has 0 aliphatic rings. The molecule has 0 spiro atoms. The summed E-state index contributed by atoms with van der Waals surface area (Å²) in [4.78, 5) is 22.6. The number of rotatable bonds is 3. The lowest BCUT2D eigenvalue weighted by molar-refractivity contribution is -0.132. The smallest absolute Gasteiger partial charge is 0.341 e. The molecule has 3 N–H and O–H groups in total. The van der Waals surface area contributed by atoms with Gasteiger partial charge in [-0.1, -0.05) is 0 Å². The maximum Gasteiger partial charge on any atom is 0.341 e. The largest absolute Gasteiger partial charge is 0.477 e. The fourth-order valence-electron chi connectivity index (χ4n) is 1.51. The minimum absolute atomic E-state index is 0.262. The number of carbonyl (C=O) groups is 2. The van der Waals surface area contributed by atoms with Gasteiger partial charge < -0.3 is 15.3 Å². The van der Waals surface area contributed by atoms with Crippen molar-refractivity contribution < 1.29 is 19.1 Å².